The monoisotopic (exact) mass is 387 g/mol. The molecule has 144 valence electrons. The zero-order valence-electron chi connectivity index (χ0n) is 15.7. The molecule has 3 rings (SSSR count). The molecule has 1 N–H and O–H groups in total. The Morgan fingerprint density at radius 1 is 1.11 bits per heavy atom. The highest BCUT2D eigenvalue weighted by Gasteiger charge is 2.22. The molecule has 2 aromatic rings. The number of nitrogens with zero attached hydrogens (tertiary/aromatic N) is 2. The summed E-state index contributed by atoms with van der Waals surface area (Å²) in [5.41, 5.74) is 2.95. The first-order chi connectivity index (χ1) is 12.9. The first kappa shape index (κ1) is 19.4. The predicted molar refractivity (Wildman–Crippen MR) is 106 cm³/mol. The van der Waals surface area contributed by atoms with Crippen molar-refractivity contribution in [3.8, 4) is 0 Å². The molecule has 0 atom stereocenters. The van der Waals surface area contributed by atoms with Crippen LogP contribution in [0.2, 0.25) is 0 Å². The highest BCUT2D eigenvalue weighted by molar-refractivity contribution is 7.89. The Hall–Kier alpha value is -2.38. The minimum absolute atomic E-state index is 0.122. The third-order valence-corrected chi connectivity index (χ3v) is 6.66. The first-order valence-corrected chi connectivity index (χ1v) is 10.4. The van der Waals surface area contributed by atoms with Crippen LogP contribution in [-0.2, 0) is 27.8 Å². The summed E-state index contributed by atoms with van der Waals surface area (Å²) in [6.07, 6.45) is 2.05. The van der Waals surface area contributed by atoms with Gasteiger partial charge in [-0.25, -0.2) is 12.7 Å². The minimum atomic E-state index is -3.55. The Labute approximate surface area is 160 Å². The molecule has 0 aromatic heterocycles. The maximum Gasteiger partial charge on any atom is 0.242 e. The lowest BCUT2D eigenvalue weighted by atomic mass is 10.0. The summed E-state index contributed by atoms with van der Waals surface area (Å²) in [5.74, 6) is -0.122. The van der Waals surface area contributed by atoms with E-state index in [0.717, 1.165) is 25.1 Å². The van der Waals surface area contributed by atoms with Gasteiger partial charge in [-0.1, -0.05) is 36.4 Å². The van der Waals surface area contributed by atoms with E-state index in [9.17, 15) is 13.2 Å². The van der Waals surface area contributed by atoms with Crippen LogP contribution in [-0.4, -0.2) is 45.8 Å². The summed E-state index contributed by atoms with van der Waals surface area (Å²) in [6.45, 7) is 1.28. The maximum absolute atomic E-state index is 12.5. The van der Waals surface area contributed by atoms with Crippen LogP contribution in [0.3, 0.4) is 0 Å². The molecule has 0 saturated carbocycles. The first-order valence-electron chi connectivity index (χ1n) is 8.99. The van der Waals surface area contributed by atoms with E-state index in [1.807, 2.05) is 18.2 Å². The van der Waals surface area contributed by atoms with Crippen LogP contribution in [0.1, 0.15) is 17.5 Å². The van der Waals surface area contributed by atoms with Crippen LogP contribution >= 0.6 is 0 Å². The number of hydrogen-bond donors (Lipinski definition) is 1. The highest BCUT2D eigenvalue weighted by atomic mass is 32.2. The lowest BCUT2D eigenvalue weighted by molar-refractivity contribution is -0.119. The summed E-state index contributed by atoms with van der Waals surface area (Å²) < 4.78 is 26.1. The van der Waals surface area contributed by atoms with Gasteiger partial charge < -0.3 is 10.2 Å². The highest BCUT2D eigenvalue weighted by Crippen LogP contribution is 2.26. The molecular weight excluding hydrogens is 362 g/mol. The molecule has 27 heavy (non-hydrogen) atoms. The number of rotatable bonds is 6. The molecular formula is C20H25N3O3S. The van der Waals surface area contributed by atoms with Crippen molar-refractivity contribution in [1.82, 2.24) is 9.62 Å². The molecule has 0 aliphatic carbocycles. The maximum atomic E-state index is 12.5. The van der Waals surface area contributed by atoms with Gasteiger partial charge in [-0.2, -0.15) is 0 Å². The fourth-order valence-corrected chi connectivity index (χ4v) is 4.41. The van der Waals surface area contributed by atoms with Crippen molar-refractivity contribution in [3.63, 3.8) is 0 Å². The molecule has 1 aliphatic heterocycles. The summed E-state index contributed by atoms with van der Waals surface area (Å²) in [5, 5.41) is 2.86. The molecule has 7 heteroatoms. The van der Waals surface area contributed by atoms with E-state index >= 15 is 0 Å². The standard InChI is InChI=1S/C20H25N3O3S/c1-22(2)27(25,26)19-12-6-4-9-17(19)14-21-20(24)15-23-13-7-10-16-8-3-5-11-18(16)23/h3-6,8-9,11-12H,7,10,13-15H2,1-2H3,(H,21,24). The Morgan fingerprint density at radius 2 is 1.81 bits per heavy atom. The minimum Gasteiger partial charge on any atom is -0.362 e. The molecule has 0 unspecified atom stereocenters. The van der Waals surface area contributed by atoms with Crippen LogP contribution in [0.25, 0.3) is 0 Å². The molecule has 2 aromatic carbocycles. The molecule has 1 aliphatic rings. The van der Waals surface area contributed by atoms with Gasteiger partial charge in [-0.15, -0.1) is 0 Å². The largest absolute Gasteiger partial charge is 0.362 e. The topological polar surface area (TPSA) is 69.7 Å². The van der Waals surface area contributed by atoms with E-state index in [1.165, 1.54) is 24.0 Å². The Bertz CT molecular complexity index is 926. The van der Waals surface area contributed by atoms with Crippen LogP contribution in [0.15, 0.2) is 53.4 Å². The smallest absolute Gasteiger partial charge is 0.242 e. The van der Waals surface area contributed by atoms with Crippen LogP contribution in [0.5, 0.6) is 0 Å². The predicted octanol–water partition coefficient (Wildman–Crippen LogP) is 2.01. The average molecular weight is 388 g/mol. The number of nitrogens with one attached hydrogen (secondary N) is 1. The van der Waals surface area contributed by atoms with E-state index in [1.54, 1.807) is 24.3 Å². The summed E-state index contributed by atoms with van der Waals surface area (Å²) >= 11 is 0. The number of aryl methyl sites for hydroxylation is 1. The summed E-state index contributed by atoms with van der Waals surface area (Å²) in [4.78, 5) is 14.8. The quantitative estimate of drug-likeness (QED) is 0.823. The lowest BCUT2D eigenvalue weighted by Gasteiger charge is -2.30. The zero-order chi connectivity index (χ0) is 19.4. The molecule has 0 bridgehead atoms. The van der Waals surface area contributed by atoms with Crippen molar-refractivity contribution in [1.29, 1.82) is 0 Å². The number of para-hydroxylation sites is 1. The SMILES string of the molecule is CN(C)S(=O)(=O)c1ccccc1CNC(=O)CN1CCCc2ccccc21. The molecule has 0 radical (unpaired) electrons. The fraction of sp³-hybridized carbons (Fsp3) is 0.350. The Kier molecular flexibility index (Phi) is 5.82. The third kappa shape index (κ3) is 4.31. The van der Waals surface area contributed by atoms with Crippen molar-refractivity contribution in [3.05, 3.63) is 59.7 Å². The zero-order valence-corrected chi connectivity index (χ0v) is 16.5. The van der Waals surface area contributed by atoms with Crippen molar-refractivity contribution in [2.24, 2.45) is 0 Å². The van der Waals surface area contributed by atoms with Gasteiger partial charge in [0.25, 0.3) is 0 Å². The summed E-state index contributed by atoms with van der Waals surface area (Å²) in [6, 6.07) is 14.9. The van der Waals surface area contributed by atoms with Gasteiger partial charge in [-0.05, 0) is 36.1 Å². The fourth-order valence-electron chi connectivity index (χ4n) is 3.30. The van der Waals surface area contributed by atoms with Gasteiger partial charge in [0, 0.05) is 32.9 Å². The summed E-state index contributed by atoms with van der Waals surface area (Å²) in [7, 11) is -0.554. The molecule has 1 amide bonds. The van der Waals surface area contributed by atoms with Gasteiger partial charge >= 0.3 is 0 Å². The second-order valence-corrected chi connectivity index (χ2v) is 8.95. The van der Waals surface area contributed by atoms with Gasteiger partial charge in [-0.3, -0.25) is 4.79 Å². The number of amides is 1. The Morgan fingerprint density at radius 3 is 2.59 bits per heavy atom. The molecule has 1 heterocycles. The number of carbonyl (C=O) groups excluding carboxylic acids is 1. The Balaban J connectivity index is 1.68. The van der Waals surface area contributed by atoms with Gasteiger partial charge in [0.15, 0.2) is 0 Å². The second-order valence-electron chi connectivity index (χ2n) is 6.83. The molecule has 6 nitrogen and oxygen atoms in total. The third-order valence-electron chi connectivity index (χ3n) is 4.75. The van der Waals surface area contributed by atoms with Gasteiger partial charge in [0.1, 0.15) is 0 Å². The lowest BCUT2D eigenvalue weighted by Crippen LogP contribution is -2.39. The van der Waals surface area contributed by atoms with Crippen molar-refractivity contribution in [2.45, 2.75) is 24.3 Å². The number of hydrogen-bond acceptors (Lipinski definition) is 4. The van der Waals surface area contributed by atoms with E-state index in [0.29, 0.717) is 5.56 Å². The van der Waals surface area contributed by atoms with E-state index in [-0.39, 0.29) is 23.9 Å². The van der Waals surface area contributed by atoms with E-state index < -0.39 is 10.0 Å². The van der Waals surface area contributed by atoms with Crippen molar-refractivity contribution >= 4 is 21.6 Å². The van der Waals surface area contributed by atoms with Crippen molar-refractivity contribution in [2.75, 3.05) is 32.1 Å². The van der Waals surface area contributed by atoms with E-state index in [2.05, 4.69) is 16.3 Å². The van der Waals surface area contributed by atoms with Gasteiger partial charge in [0.2, 0.25) is 15.9 Å². The number of carbonyl (C=O) groups is 1. The number of fused-ring (bicyclic) bond motifs is 1. The number of sulfonamides is 1. The number of anilines is 1. The van der Waals surface area contributed by atoms with Crippen LogP contribution in [0.4, 0.5) is 5.69 Å². The average Bonchev–Trinajstić information content (AvgIpc) is 2.67. The van der Waals surface area contributed by atoms with E-state index in [4.69, 9.17) is 0 Å². The molecule has 0 spiro atoms. The normalized spacial score (nSPS) is 14.1. The second kappa shape index (κ2) is 8.10. The number of benzene rings is 2. The molecule has 0 saturated heterocycles. The molecule has 0 fully saturated rings. The van der Waals surface area contributed by atoms with Gasteiger partial charge in [0.05, 0.1) is 11.4 Å². The van der Waals surface area contributed by atoms with Crippen LogP contribution < -0.4 is 10.2 Å². The van der Waals surface area contributed by atoms with Crippen LogP contribution in [0, 0.1) is 0 Å². The van der Waals surface area contributed by atoms with Crippen molar-refractivity contribution < 1.29 is 13.2 Å².